The first kappa shape index (κ1) is 20.1. The third-order valence-electron chi connectivity index (χ3n) is 4.86. The van der Waals surface area contributed by atoms with Crippen molar-refractivity contribution in [1.82, 2.24) is 9.55 Å². The lowest BCUT2D eigenvalue weighted by Gasteiger charge is -2.19. The zero-order chi connectivity index (χ0) is 20.4. The molecule has 0 radical (unpaired) electrons. The third-order valence-corrected chi connectivity index (χ3v) is 5.73. The van der Waals surface area contributed by atoms with E-state index in [-0.39, 0.29) is 5.56 Å². The van der Waals surface area contributed by atoms with Crippen LogP contribution in [0.1, 0.15) is 44.1 Å². The van der Waals surface area contributed by atoms with Gasteiger partial charge in [-0.2, -0.15) is 0 Å². The van der Waals surface area contributed by atoms with Crippen LogP contribution in [-0.2, 0) is 11.2 Å². The second-order valence-corrected chi connectivity index (χ2v) is 7.67. The molecule has 0 aliphatic heterocycles. The van der Waals surface area contributed by atoms with Gasteiger partial charge in [0.15, 0.2) is 0 Å². The Bertz CT molecular complexity index is 1080. The van der Waals surface area contributed by atoms with E-state index in [1.54, 1.807) is 7.11 Å². The van der Waals surface area contributed by atoms with Crippen molar-refractivity contribution >= 4 is 27.5 Å². The standard InChI is InChI=1S/C21H25N3O3S/c1-5-7-17-23-20-18(21(26)24(17)15(6-2)19(22)25)14(11-28-20)13-10-12(3)8-9-16(13)27-4/h8-11,15H,5-7H2,1-4H3,(H2,22,25). The molecule has 1 amide bonds. The summed E-state index contributed by atoms with van der Waals surface area (Å²) < 4.78 is 7.01. The highest BCUT2D eigenvalue weighted by atomic mass is 32.1. The normalized spacial score (nSPS) is 12.3. The molecule has 0 spiro atoms. The molecule has 3 rings (SSSR count). The maximum Gasteiger partial charge on any atom is 0.263 e. The van der Waals surface area contributed by atoms with Crippen LogP contribution in [0.5, 0.6) is 5.75 Å². The number of hydrogen-bond donors (Lipinski definition) is 1. The molecule has 0 saturated carbocycles. The number of aromatic nitrogens is 2. The second kappa shape index (κ2) is 8.14. The van der Waals surface area contributed by atoms with Gasteiger partial charge in [-0.05, 0) is 31.9 Å². The number of primary amides is 1. The minimum absolute atomic E-state index is 0.223. The van der Waals surface area contributed by atoms with E-state index >= 15 is 0 Å². The number of methoxy groups -OCH3 is 1. The third kappa shape index (κ3) is 3.42. The van der Waals surface area contributed by atoms with Crippen LogP contribution in [0.4, 0.5) is 0 Å². The zero-order valence-electron chi connectivity index (χ0n) is 16.6. The fourth-order valence-electron chi connectivity index (χ4n) is 3.51. The Morgan fingerprint density at radius 3 is 2.68 bits per heavy atom. The fourth-order valence-corrected chi connectivity index (χ4v) is 4.46. The fraction of sp³-hybridized carbons (Fsp3) is 0.381. The first-order valence-corrected chi connectivity index (χ1v) is 10.3. The molecule has 148 valence electrons. The number of nitrogens with zero attached hydrogens (tertiary/aromatic N) is 2. The number of nitrogens with two attached hydrogens (primary N) is 1. The smallest absolute Gasteiger partial charge is 0.263 e. The lowest BCUT2D eigenvalue weighted by molar-refractivity contribution is -0.121. The molecule has 0 aliphatic rings. The number of hydrogen-bond acceptors (Lipinski definition) is 5. The summed E-state index contributed by atoms with van der Waals surface area (Å²) in [6, 6.07) is 5.14. The van der Waals surface area contributed by atoms with Crippen LogP contribution in [0.3, 0.4) is 0 Å². The van der Waals surface area contributed by atoms with E-state index < -0.39 is 11.9 Å². The van der Waals surface area contributed by atoms with E-state index in [0.717, 1.165) is 23.1 Å². The van der Waals surface area contributed by atoms with Crippen LogP contribution in [0, 0.1) is 6.92 Å². The average Bonchev–Trinajstić information content (AvgIpc) is 3.08. The van der Waals surface area contributed by atoms with Gasteiger partial charge in [0.25, 0.3) is 5.56 Å². The molecule has 1 atom stereocenters. The minimum atomic E-state index is -0.710. The summed E-state index contributed by atoms with van der Waals surface area (Å²) in [6.45, 7) is 5.86. The molecule has 2 heterocycles. The van der Waals surface area contributed by atoms with Crippen LogP contribution < -0.4 is 16.0 Å². The van der Waals surface area contributed by atoms with Crippen LogP contribution in [-0.4, -0.2) is 22.6 Å². The topological polar surface area (TPSA) is 87.2 Å². The van der Waals surface area contributed by atoms with Gasteiger partial charge in [-0.15, -0.1) is 11.3 Å². The lowest BCUT2D eigenvalue weighted by Crippen LogP contribution is -2.36. The molecular formula is C21H25N3O3S. The molecule has 2 aromatic heterocycles. The van der Waals surface area contributed by atoms with Gasteiger partial charge in [0.2, 0.25) is 5.91 Å². The number of amides is 1. The number of rotatable bonds is 7. The van der Waals surface area contributed by atoms with Crippen molar-refractivity contribution in [3.8, 4) is 16.9 Å². The van der Waals surface area contributed by atoms with Crippen LogP contribution in [0.25, 0.3) is 21.3 Å². The SMILES string of the molecule is CCCc1nc2scc(-c3cc(C)ccc3OC)c2c(=O)n1C(CC)C(N)=O. The first-order chi connectivity index (χ1) is 13.4. The highest BCUT2D eigenvalue weighted by molar-refractivity contribution is 7.17. The monoisotopic (exact) mass is 399 g/mol. The van der Waals surface area contributed by atoms with Crippen molar-refractivity contribution in [3.05, 3.63) is 45.3 Å². The molecule has 3 aromatic rings. The number of carbonyl (C=O) groups is 1. The van der Waals surface area contributed by atoms with Crippen molar-refractivity contribution < 1.29 is 9.53 Å². The first-order valence-electron chi connectivity index (χ1n) is 9.39. The summed E-state index contributed by atoms with van der Waals surface area (Å²) >= 11 is 1.43. The van der Waals surface area contributed by atoms with Crippen molar-refractivity contribution in [2.24, 2.45) is 5.73 Å². The molecule has 0 fully saturated rings. The predicted molar refractivity (Wildman–Crippen MR) is 113 cm³/mol. The van der Waals surface area contributed by atoms with Crippen molar-refractivity contribution in [2.45, 2.75) is 46.1 Å². The molecule has 28 heavy (non-hydrogen) atoms. The highest BCUT2D eigenvalue weighted by Crippen LogP contribution is 2.37. The van der Waals surface area contributed by atoms with Gasteiger partial charge in [0.1, 0.15) is 22.4 Å². The van der Waals surface area contributed by atoms with E-state index in [0.29, 0.717) is 34.6 Å². The van der Waals surface area contributed by atoms with E-state index in [4.69, 9.17) is 15.5 Å². The van der Waals surface area contributed by atoms with Gasteiger partial charge in [0.05, 0.1) is 12.5 Å². The molecule has 0 aliphatic carbocycles. The van der Waals surface area contributed by atoms with Crippen LogP contribution in [0.2, 0.25) is 0 Å². The second-order valence-electron chi connectivity index (χ2n) is 6.81. The van der Waals surface area contributed by atoms with Gasteiger partial charge >= 0.3 is 0 Å². The van der Waals surface area contributed by atoms with E-state index in [1.807, 2.05) is 44.4 Å². The van der Waals surface area contributed by atoms with E-state index in [9.17, 15) is 9.59 Å². The Morgan fingerprint density at radius 2 is 2.07 bits per heavy atom. The van der Waals surface area contributed by atoms with Crippen molar-refractivity contribution in [3.63, 3.8) is 0 Å². The Morgan fingerprint density at radius 1 is 1.32 bits per heavy atom. The number of benzene rings is 1. The zero-order valence-corrected chi connectivity index (χ0v) is 17.4. The number of aryl methyl sites for hydroxylation is 2. The van der Waals surface area contributed by atoms with Gasteiger partial charge in [0, 0.05) is 22.9 Å². The molecule has 2 N–H and O–H groups in total. The molecule has 1 aromatic carbocycles. The van der Waals surface area contributed by atoms with Crippen molar-refractivity contribution in [1.29, 1.82) is 0 Å². The highest BCUT2D eigenvalue weighted by Gasteiger charge is 2.25. The Labute approximate surface area is 168 Å². The van der Waals surface area contributed by atoms with Gasteiger partial charge < -0.3 is 10.5 Å². The summed E-state index contributed by atoms with van der Waals surface area (Å²) in [4.78, 5) is 31.0. The van der Waals surface area contributed by atoms with Gasteiger partial charge in [-0.25, -0.2) is 4.98 Å². The molecular weight excluding hydrogens is 374 g/mol. The summed E-state index contributed by atoms with van der Waals surface area (Å²) in [6.07, 6.45) is 1.86. The Kier molecular flexibility index (Phi) is 5.84. The van der Waals surface area contributed by atoms with Crippen LogP contribution >= 0.6 is 11.3 Å². The van der Waals surface area contributed by atoms with Crippen molar-refractivity contribution in [2.75, 3.05) is 7.11 Å². The number of fused-ring (bicyclic) bond motifs is 1. The molecule has 7 heteroatoms. The quantitative estimate of drug-likeness (QED) is 0.654. The maximum absolute atomic E-state index is 13.5. The summed E-state index contributed by atoms with van der Waals surface area (Å²) in [5.74, 6) is 0.777. The summed E-state index contributed by atoms with van der Waals surface area (Å²) in [5, 5.41) is 2.44. The summed E-state index contributed by atoms with van der Waals surface area (Å²) in [5.41, 5.74) is 8.06. The van der Waals surface area contributed by atoms with E-state index in [1.165, 1.54) is 15.9 Å². The molecule has 0 bridgehead atoms. The average molecular weight is 400 g/mol. The lowest BCUT2D eigenvalue weighted by atomic mass is 10.0. The molecule has 0 saturated heterocycles. The number of thiophene rings is 1. The van der Waals surface area contributed by atoms with Gasteiger partial charge in [-0.1, -0.05) is 25.5 Å². The van der Waals surface area contributed by atoms with Crippen LogP contribution in [0.15, 0.2) is 28.4 Å². The molecule has 1 unspecified atom stereocenters. The molecule has 6 nitrogen and oxygen atoms in total. The minimum Gasteiger partial charge on any atom is -0.496 e. The Hall–Kier alpha value is -2.67. The Balaban J connectivity index is 2.37. The van der Waals surface area contributed by atoms with E-state index in [2.05, 4.69) is 0 Å². The number of ether oxygens (including phenoxy) is 1. The summed E-state index contributed by atoms with van der Waals surface area (Å²) in [7, 11) is 1.61. The maximum atomic E-state index is 13.5. The van der Waals surface area contributed by atoms with Gasteiger partial charge in [-0.3, -0.25) is 14.2 Å². The number of carbonyl (C=O) groups excluding carboxylic acids is 1. The largest absolute Gasteiger partial charge is 0.496 e. The predicted octanol–water partition coefficient (Wildman–Crippen LogP) is 3.83.